The number of aromatic nitrogens is 1. The van der Waals surface area contributed by atoms with E-state index >= 15 is 0 Å². The van der Waals surface area contributed by atoms with Crippen LogP contribution in [0.3, 0.4) is 0 Å². The average molecular weight is 244 g/mol. The Morgan fingerprint density at radius 1 is 1.44 bits per heavy atom. The minimum atomic E-state index is -0.758. The predicted octanol–water partition coefficient (Wildman–Crippen LogP) is 2.90. The Hall–Kier alpha value is -2.10. The Balaban J connectivity index is 2.05. The Bertz CT molecular complexity index is 554. The Morgan fingerprint density at radius 3 is 3.06 bits per heavy atom. The molecule has 1 atom stereocenters. The highest BCUT2D eigenvalue weighted by atomic mass is 16.4. The van der Waals surface area contributed by atoms with Crippen LogP contribution in [0.2, 0.25) is 0 Å². The fourth-order valence-corrected chi connectivity index (χ4v) is 1.86. The number of anilines is 1. The van der Waals surface area contributed by atoms with Crippen LogP contribution in [0.25, 0.3) is 10.9 Å². The van der Waals surface area contributed by atoms with Crippen molar-refractivity contribution in [1.82, 2.24) is 4.98 Å². The molecule has 0 aliphatic carbocycles. The van der Waals surface area contributed by atoms with Gasteiger partial charge in [0.1, 0.15) is 0 Å². The first-order valence-electron chi connectivity index (χ1n) is 5.98. The van der Waals surface area contributed by atoms with Crippen LogP contribution in [-0.2, 0) is 4.79 Å². The van der Waals surface area contributed by atoms with E-state index in [2.05, 4.69) is 10.3 Å². The molecule has 2 N–H and O–H groups in total. The molecular formula is C14H16N2O2. The van der Waals surface area contributed by atoms with E-state index < -0.39 is 5.97 Å². The molecule has 0 fully saturated rings. The molecule has 1 aromatic carbocycles. The molecule has 1 heterocycles. The number of hydrogen-bond donors (Lipinski definition) is 2. The van der Waals surface area contributed by atoms with Gasteiger partial charge in [-0.2, -0.15) is 0 Å². The van der Waals surface area contributed by atoms with Crippen LogP contribution in [0.5, 0.6) is 0 Å². The minimum absolute atomic E-state index is 0.134. The molecule has 18 heavy (non-hydrogen) atoms. The standard InChI is InChI=1S/C14H16N2O2/c1-10(4-7-14(17)18)16-12-5-6-13-11(9-12)3-2-8-15-13/h2-3,5-6,8-10,16H,4,7H2,1H3,(H,17,18). The lowest BCUT2D eigenvalue weighted by Gasteiger charge is -2.14. The second kappa shape index (κ2) is 5.49. The quantitative estimate of drug-likeness (QED) is 0.849. The van der Waals surface area contributed by atoms with Crippen LogP contribution in [0.1, 0.15) is 19.8 Å². The lowest BCUT2D eigenvalue weighted by molar-refractivity contribution is -0.137. The molecule has 0 aliphatic heterocycles. The lowest BCUT2D eigenvalue weighted by atomic mass is 10.1. The molecular weight excluding hydrogens is 228 g/mol. The maximum atomic E-state index is 10.5. The number of nitrogens with zero attached hydrogens (tertiary/aromatic N) is 1. The van der Waals surface area contributed by atoms with Gasteiger partial charge in [0.15, 0.2) is 0 Å². The monoisotopic (exact) mass is 244 g/mol. The summed E-state index contributed by atoms with van der Waals surface area (Å²) in [5, 5.41) is 13.0. The zero-order valence-electron chi connectivity index (χ0n) is 10.3. The molecule has 4 nitrogen and oxygen atoms in total. The number of nitrogens with one attached hydrogen (secondary N) is 1. The molecule has 2 rings (SSSR count). The maximum Gasteiger partial charge on any atom is 0.303 e. The highest BCUT2D eigenvalue weighted by molar-refractivity contribution is 5.82. The fraction of sp³-hybridized carbons (Fsp3) is 0.286. The van der Waals surface area contributed by atoms with Crippen molar-refractivity contribution in [3.8, 4) is 0 Å². The number of carboxylic acids is 1. The summed E-state index contributed by atoms with van der Waals surface area (Å²) in [5.41, 5.74) is 1.95. The molecule has 0 saturated carbocycles. The first-order chi connectivity index (χ1) is 8.65. The van der Waals surface area contributed by atoms with Gasteiger partial charge in [-0.1, -0.05) is 6.07 Å². The molecule has 4 heteroatoms. The largest absolute Gasteiger partial charge is 0.481 e. The van der Waals surface area contributed by atoms with Gasteiger partial charge in [-0.3, -0.25) is 9.78 Å². The third-order valence-electron chi connectivity index (χ3n) is 2.81. The van der Waals surface area contributed by atoms with Crippen molar-refractivity contribution in [2.24, 2.45) is 0 Å². The van der Waals surface area contributed by atoms with Crippen molar-refractivity contribution in [2.45, 2.75) is 25.8 Å². The summed E-state index contributed by atoms with van der Waals surface area (Å²) in [4.78, 5) is 14.8. The van der Waals surface area contributed by atoms with Crippen molar-refractivity contribution in [3.05, 3.63) is 36.5 Å². The summed E-state index contributed by atoms with van der Waals surface area (Å²) in [5.74, 6) is -0.758. The van der Waals surface area contributed by atoms with Gasteiger partial charge >= 0.3 is 5.97 Å². The third kappa shape index (κ3) is 3.20. The SMILES string of the molecule is CC(CCC(=O)O)Nc1ccc2ncccc2c1. The smallest absolute Gasteiger partial charge is 0.303 e. The van der Waals surface area contributed by atoms with E-state index in [-0.39, 0.29) is 12.5 Å². The summed E-state index contributed by atoms with van der Waals surface area (Å²) >= 11 is 0. The Labute approximate surface area is 106 Å². The molecule has 1 unspecified atom stereocenters. The summed E-state index contributed by atoms with van der Waals surface area (Å²) < 4.78 is 0. The number of fused-ring (bicyclic) bond motifs is 1. The highest BCUT2D eigenvalue weighted by Crippen LogP contribution is 2.18. The Morgan fingerprint density at radius 2 is 2.28 bits per heavy atom. The summed E-state index contributed by atoms with van der Waals surface area (Å²) in [7, 11) is 0. The van der Waals surface area contributed by atoms with E-state index in [1.807, 2.05) is 37.3 Å². The molecule has 0 radical (unpaired) electrons. The van der Waals surface area contributed by atoms with Gasteiger partial charge in [0.05, 0.1) is 5.52 Å². The second-order valence-corrected chi connectivity index (χ2v) is 4.39. The first kappa shape index (κ1) is 12.4. The number of aliphatic carboxylic acids is 1. The van der Waals surface area contributed by atoms with Crippen molar-refractivity contribution in [2.75, 3.05) is 5.32 Å². The number of hydrogen-bond acceptors (Lipinski definition) is 3. The van der Waals surface area contributed by atoms with Gasteiger partial charge in [-0.05, 0) is 37.6 Å². The van der Waals surface area contributed by atoms with E-state index in [1.165, 1.54) is 0 Å². The average Bonchev–Trinajstić information content (AvgIpc) is 2.36. The third-order valence-corrected chi connectivity index (χ3v) is 2.81. The van der Waals surface area contributed by atoms with Gasteiger partial charge in [-0.25, -0.2) is 0 Å². The number of pyridine rings is 1. The first-order valence-corrected chi connectivity index (χ1v) is 5.98. The molecule has 0 aliphatic rings. The van der Waals surface area contributed by atoms with Crippen LogP contribution in [0.4, 0.5) is 5.69 Å². The summed E-state index contributed by atoms with van der Waals surface area (Å²) in [6.45, 7) is 1.98. The van der Waals surface area contributed by atoms with Crippen molar-refractivity contribution < 1.29 is 9.90 Å². The number of rotatable bonds is 5. The van der Waals surface area contributed by atoms with Crippen LogP contribution in [-0.4, -0.2) is 22.1 Å². The van der Waals surface area contributed by atoms with Crippen LogP contribution >= 0.6 is 0 Å². The van der Waals surface area contributed by atoms with E-state index in [9.17, 15) is 4.79 Å². The zero-order chi connectivity index (χ0) is 13.0. The molecule has 0 bridgehead atoms. The molecule has 1 aromatic heterocycles. The molecule has 0 saturated heterocycles. The fourth-order valence-electron chi connectivity index (χ4n) is 1.86. The maximum absolute atomic E-state index is 10.5. The van der Waals surface area contributed by atoms with Crippen molar-refractivity contribution in [1.29, 1.82) is 0 Å². The highest BCUT2D eigenvalue weighted by Gasteiger charge is 2.05. The van der Waals surface area contributed by atoms with Crippen LogP contribution in [0.15, 0.2) is 36.5 Å². The molecule has 94 valence electrons. The van der Waals surface area contributed by atoms with Gasteiger partial charge < -0.3 is 10.4 Å². The summed E-state index contributed by atoms with van der Waals surface area (Å²) in [6.07, 6.45) is 2.56. The Kier molecular flexibility index (Phi) is 3.77. The van der Waals surface area contributed by atoms with Crippen LogP contribution in [0, 0.1) is 0 Å². The van der Waals surface area contributed by atoms with Crippen molar-refractivity contribution in [3.63, 3.8) is 0 Å². The summed E-state index contributed by atoms with van der Waals surface area (Å²) in [6, 6.07) is 10.00. The lowest BCUT2D eigenvalue weighted by Crippen LogP contribution is -2.16. The zero-order valence-corrected chi connectivity index (χ0v) is 10.3. The van der Waals surface area contributed by atoms with Crippen molar-refractivity contribution >= 4 is 22.6 Å². The van der Waals surface area contributed by atoms with E-state index in [4.69, 9.17) is 5.11 Å². The number of carboxylic acid groups (broad SMARTS) is 1. The normalized spacial score (nSPS) is 12.3. The van der Waals surface area contributed by atoms with E-state index in [0.29, 0.717) is 6.42 Å². The topological polar surface area (TPSA) is 62.2 Å². The van der Waals surface area contributed by atoms with Gasteiger partial charge in [-0.15, -0.1) is 0 Å². The molecule has 0 amide bonds. The number of carbonyl (C=O) groups is 1. The molecule has 0 spiro atoms. The second-order valence-electron chi connectivity index (χ2n) is 4.39. The van der Waals surface area contributed by atoms with Crippen LogP contribution < -0.4 is 5.32 Å². The van der Waals surface area contributed by atoms with Gasteiger partial charge in [0.2, 0.25) is 0 Å². The predicted molar refractivity (Wildman–Crippen MR) is 71.7 cm³/mol. The van der Waals surface area contributed by atoms with E-state index in [1.54, 1.807) is 6.20 Å². The number of benzene rings is 1. The minimum Gasteiger partial charge on any atom is -0.481 e. The van der Waals surface area contributed by atoms with E-state index in [0.717, 1.165) is 16.6 Å². The van der Waals surface area contributed by atoms with Gasteiger partial charge in [0, 0.05) is 29.7 Å². The van der Waals surface area contributed by atoms with Gasteiger partial charge in [0.25, 0.3) is 0 Å². The molecule has 2 aromatic rings.